The molecule has 0 aliphatic heterocycles. The van der Waals surface area contributed by atoms with Crippen molar-refractivity contribution in [2.75, 3.05) is 0 Å². The fourth-order valence-corrected chi connectivity index (χ4v) is 5.02. The van der Waals surface area contributed by atoms with Crippen molar-refractivity contribution in [3.8, 4) is 33.6 Å². The van der Waals surface area contributed by atoms with Gasteiger partial charge in [-0.05, 0) is 41.5 Å². The second kappa shape index (κ2) is 8.13. The van der Waals surface area contributed by atoms with Crippen LogP contribution >= 0.6 is 0 Å². The fraction of sp³-hybridized carbons (Fsp3) is 0.107. The number of nitrogens with zero attached hydrogens (tertiary/aromatic N) is 3. The van der Waals surface area contributed by atoms with Gasteiger partial charge in [0.15, 0.2) is 0 Å². The van der Waals surface area contributed by atoms with Crippen molar-refractivity contribution in [2.45, 2.75) is 19.6 Å². The van der Waals surface area contributed by atoms with Crippen molar-refractivity contribution in [1.29, 1.82) is 0 Å². The summed E-state index contributed by atoms with van der Waals surface area (Å²) in [6.45, 7) is 7.13. The molecule has 0 aliphatic carbocycles. The largest absolute Gasteiger partial charge is 0.256 e. The molecule has 0 atom stereocenters. The van der Waals surface area contributed by atoms with Crippen LogP contribution in [0.1, 0.15) is 0 Å². The number of hydrogen-bond acceptors (Lipinski definition) is 3. The minimum atomic E-state index is -1.28. The third-order valence-corrected chi connectivity index (χ3v) is 7.86. The zero-order valence-electron chi connectivity index (χ0n) is 18.6. The molecule has 0 saturated carbocycles. The Balaban J connectivity index is 1.43. The van der Waals surface area contributed by atoms with Crippen molar-refractivity contribution < 1.29 is 0 Å². The Bertz CT molecular complexity index is 1370. The van der Waals surface area contributed by atoms with E-state index in [2.05, 4.69) is 84.2 Å². The third kappa shape index (κ3) is 4.10. The zero-order valence-corrected chi connectivity index (χ0v) is 19.6. The second-order valence-electron chi connectivity index (χ2n) is 9.11. The molecule has 5 rings (SSSR count). The van der Waals surface area contributed by atoms with Crippen molar-refractivity contribution in [2.24, 2.45) is 0 Å². The number of rotatable bonds is 4. The van der Waals surface area contributed by atoms with Crippen LogP contribution in [0.3, 0.4) is 0 Å². The molecular weight excluding hydrogens is 406 g/mol. The number of aromatic nitrogens is 3. The third-order valence-electron chi connectivity index (χ3n) is 5.79. The average molecular weight is 432 g/mol. The lowest BCUT2D eigenvalue weighted by atomic mass is 10.0. The maximum atomic E-state index is 4.75. The lowest BCUT2D eigenvalue weighted by Crippen LogP contribution is -2.37. The van der Waals surface area contributed by atoms with E-state index in [1.54, 1.807) is 6.20 Å². The monoisotopic (exact) mass is 431 g/mol. The zero-order chi connectivity index (χ0) is 22.1. The Hall–Kier alpha value is -3.63. The van der Waals surface area contributed by atoms with E-state index in [1.165, 1.54) is 16.3 Å². The molecule has 3 heterocycles. The van der Waals surface area contributed by atoms with Gasteiger partial charge in [-0.1, -0.05) is 73.4 Å². The molecular formula is C28H25N3Si. The molecule has 4 heteroatoms. The number of fused-ring (bicyclic) bond motifs is 1. The SMILES string of the molecule is C[Si](C)(C)c1ccc(-c2ccc3cc(-c4ccc(-c5ccccn5)nc4)cnc3c2)cc1. The van der Waals surface area contributed by atoms with Gasteiger partial charge < -0.3 is 0 Å². The summed E-state index contributed by atoms with van der Waals surface area (Å²) in [7, 11) is -1.28. The summed E-state index contributed by atoms with van der Waals surface area (Å²) in [5, 5.41) is 2.60. The summed E-state index contributed by atoms with van der Waals surface area (Å²) in [5.74, 6) is 0. The van der Waals surface area contributed by atoms with E-state index in [0.717, 1.165) is 33.4 Å². The Morgan fingerprint density at radius 1 is 0.562 bits per heavy atom. The molecule has 0 fully saturated rings. The molecule has 3 aromatic heterocycles. The molecule has 0 N–H and O–H groups in total. The average Bonchev–Trinajstić information content (AvgIpc) is 2.83. The van der Waals surface area contributed by atoms with Crippen molar-refractivity contribution >= 4 is 24.2 Å². The Kier molecular flexibility index (Phi) is 5.15. The predicted octanol–water partition coefficient (Wildman–Crippen LogP) is 6.57. The molecule has 0 amide bonds. The molecule has 32 heavy (non-hydrogen) atoms. The maximum Gasteiger partial charge on any atom is 0.0886 e. The first kappa shape index (κ1) is 20.3. The Morgan fingerprint density at radius 2 is 1.28 bits per heavy atom. The van der Waals surface area contributed by atoms with Gasteiger partial charge in [0.05, 0.1) is 25.0 Å². The van der Waals surface area contributed by atoms with Gasteiger partial charge in [0.2, 0.25) is 0 Å². The highest BCUT2D eigenvalue weighted by atomic mass is 28.3. The van der Waals surface area contributed by atoms with Gasteiger partial charge in [-0.15, -0.1) is 0 Å². The van der Waals surface area contributed by atoms with E-state index in [4.69, 9.17) is 4.98 Å². The van der Waals surface area contributed by atoms with E-state index < -0.39 is 8.07 Å². The smallest absolute Gasteiger partial charge is 0.0886 e. The van der Waals surface area contributed by atoms with Crippen LogP contribution in [0.5, 0.6) is 0 Å². The van der Waals surface area contributed by atoms with Gasteiger partial charge in [0.25, 0.3) is 0 Å². The molecule has 0 aliphatic rings. The minimum Gasteiger partial charge on any atom is -0.256 e. The fourth-order valence-electron chi connectivity index (χ4n) is 3.85. The summed E-state index contributed by atoms with van der Waals surface area (Å²) in [4.78, 5) is 13.7. The molecule has 5 aromatic rings. The molecule has 0 spiro atoms. The van der Waals surface area contributed by atoms with Gasteiger partial charge in [-0.3, -0.25) is 15.0 Å². The first-order valence-corrected chi connectivity index (χ1v) is 14.4. The van der Waals surface area contributed by atoms with Gasteiger partial charge in [-0.25, -0.2) is 0 Å². The first-order valence-electron chi connectivity index (χ1n) is 10.9. The summed E-state index contributed by atoms with van der Waals surface area (Å²) >= 11 is 0. The Morgan fingerprint density at radius 3 is 1.97 bits per heavy atom. The molecule has 2 aromatic carbocycles. The Labute approximate surface area is 189 Å². The van der Waals surface area contributed by atoms with E-state index in [-0.39, 0.29) is 0 Å². The van der Waals surface area contributed by atoms with Crippen LogP contribution < -0.4 is 5.19 Å². The van der Waals surface area contributed by atoms with Crippen LogP contribution in [-0.4, -0.2) is 23.0 Å². The van der Waals surface area contributed by atoms with Crippen LogP contribution in [0.25, 0.3) is 44.5 Å². The molecule has 156 valence electrons. The van der Waals surface area contributed by atoms with Crippen molar-refractivity contribution in [3.63, 3.8) is 0 Å². The number of hydrogen-bond donors (Lipinski definition) is 0. The second-order valence-corrected chi connectivity index (χ2v) is 14.2. The number of benzene rings is 2. The summed E-state index contributed by atoms with van der Waals surface area (Å²) in [5.41, 5.74) is 7.28. The topological polar surface area (TPSA) is 38.7 Å². The standard InChI is InChI=1S/C28H25N3Si/c1-32(2,3)25-12-9-20(10-13-25)21-7-8-22-16-24(19-31-28(22)17-21)23-11-14-27(30-18-23)26-6-4-5-15-29-26/h4-19H,1-3H3. The summed E-state index contributed by atoms with van der Waals surface area (Å²) in [6.07, 6.45) is 5.60. The van der Waals surface area contributed by atoms with Crippen LogP contribution in [0.4, 0.5) is 0 Å². The molecule has 0 bridgehead atoms. The van der Waals surface area contributed by atoms with Gasteiger partial charge >= 0.3 is 0 Å². The van der Waals surface area contributed by atoms with Gasteiger partial charge in [0, 0.05) is 35.1 Å². The van der Waals surface area contributed by atoms with Crippen LogP contribution in [0, 0.1) is 0 Å². The number of pyridine rings is 3. The normalized spacial score (nSPS) is 11.6. The van der Waals surface area contributed by atoms with Crippen LogP contribution in [-0.2, 0) is 0 Å². The molecule has 0 saturated heterocycles. The lowest BCUT2D eigenvalue weighted by Gasteiger charge is -2.16. The quantitative estimate of drug-likeness (QED) is 0.302. The van der Waals surface area contributed by atoms with E-state index in [9.17, 15) is 0 Å². The summed E-state index contributed by atoms with van der Waals surface area (Å²) < 4.78 is 0. The predicted molar refractivity (Wildman–Crippen MR) is 137 cm³/mol. The van der Waals surface area contributed by atoms with Gasteiger partial charge in [0.1, 0.15) is 0 Å². The molecule has 0 radical (unpaired) electrons. The highest BCUT2D eigenvalue weighted by molar-refractivity contribution is 6.88. The van der Waals surface area contributed by atoms with Crippen molar-refractivity contribution in [1.82, 2.24) is 15.0 Å². The van der Waals surface area contributed by atoms with Crippen LogP contribution in [0.15, 0.2) is 97.5 Å². The van der Waals surface area contributed by atoms with Gasteiger partial charge in [-0.2, -0.15) is 0 Å². The molecule has 0 unspecified atom stereocenters. The van der Waals surface area contributed by atoms with E-state index in [1.807, 2.05) is 36.7 Å². The lowest BCUT2D eigenvalue weighted by molar-refractivity contribution is 1.25. The maximum absolute atomic E-state index is 4.75. The minimum absolute atomic E-state index is 0.868. The molecule has 3 nitrogen and oxygen atoms in total. The van der Waals surface area contributed by atoms with Crippen molar-refractivity contribution in [3.05, 3.63) is 97.5 Å². The van der Waals surface area contributed by atoms with E-state index >= 15 is 0 Å². The first-order chi connectivity index (χ1) is 15.5. The van der Waals surface area contributed by atoms with E-state index in [0.29, 0.717) is 0 Å². The summed E-state index contributed by atoms with van der Waals surface area (Å²) in [6, 6.07) is 27.7. The van der Waals surface area contributed by atoms with Crippen LogP contribution in [0.2, 0.25) is 19.6 Å². The highest BCUT2D eigenvalue weighted by Crippen LogP contribution is 2.27. The highest BCUT2D eigenvalue weighted by Gasteiger charge is 2.15.